The fraction of sp³-hybridized carbons (Fsp3) is 1.00. The van der Waals surface area contributed by atoms with Crippen LogP contribution in [0.2, 0.25) is 0 Å². The summed E-state index contributed by atoms with van der Waals surface area (Å²) in [6.45, 7) is 2.52. The molecule has 2 nitrogen and oxygen atoms in total. The second-order valence-electron chi connectivity index (χ2n) is 3.71. The van der Waals surface area contributed by atoms with Gasteiger partial charge in [0.15, 0.2) is 0 Å². The lowest BCUT2D eigenvalue weighted by Crippen LogP contribution is -2.43. The predicted octanol–water partition coefficient (Wildman–Crippen LogP) is 1.15. The van der Waals surface area contributed by atoms with E-state index in [1.54, 1.807) is 0 Å². The molecule has 0 spiro atoms. The number of aliphatic hydroxyl groups is 1. The van der Waals surface area contributed by atoms with E-state index in [0.717, 1.165) is 18.8 Å². The van der Waals surface area contributed by atoms with Gasteiger partial charge in [-0.3, -0.25) is 0 Å². The van der Waals surface area contributed by atoms with Gasteiger partial charge in [-0.05, 0) is 32.2 Å². The SMILES string of the molecule is CCC1CCC(CO)(NC)C1. The minimum atomic E-state index is 0.0562. The van der Waals surface area contributed by atoms with Crippen molar-refractivity contribution in [3.05, 3.63) is 0 Å². The molecule has 1 aliphatic rings. The highest BCUT2D eigenvalue weighted by molar-refractivity contribution is 4.94. The number of hydrogen-bond acceptors (Lipinski definition) is 2. The number of rotatable bonds is 3. The highest BCUT2D eigenvalue weighted by Gasteiger charge is 2.36. The van der Waals surface area contributed by atoms with Crippen molar-refractivity contribution < 1.29 is 5.11 Å². The van der Waals surface area contributed by atoms with E-state index >= 15 is 0 Å². The number of likely N-dealkylation sites (N-methyl/N-ethyl adjacent to an activating group) is 1. The van der Waals surface area contributed by atoms with E-state index in [1.165, 1.54) is 12.8 Å². The summed E-state index contributed by atoms with van der Waals surface area (Å²) < 4.78 is 0. The van der Waals surface area contributed by atoms with Crippen molar-refractivity contribution in [3.63, 3.8) is 0 Å². The van der Waals surface area contributed by atoms with Gasteiger partial charge in [0.05, 0.1) is 6.61 Å². The predicted molar refractivity (Wildman–Crippen MR) is 46.5 cm³/mol. The fourth-order valence-electron chi connectivity index (χ4n) is 2.04. The molecule has 1 saturated carbocycles. The Morgan fingerprint density at radius 1 is 1.64 bits per heavy atom. The molecule has 66 valence electrons. The molecule has 0 aromatic carbocycles. The summed E-state index contributed by atoms with van der Waals surface area (Å²) in [5.74, 6) is 0.828. The van der Waals surface area contributed by atoms with Crippen LogP contribution < -0.4 is 5.32 Å². The van der Waals surface area contributed by atoms with Crippen molar-refractivity contribution in [3.8, 4) is 0 Å². The molecule has 1 fully saturated rings. The number of hydrogen-bond donors (Lipinski definition) is 2. The Kier molecular flexibility index (Phi) is 2.90. The standard InChI is InChI=1S/C9H19NO/c1-3-8-4-5-9(6-8,7-11)10-2/h8,10-11H,3-7H2,1-2H3. The van der Waals surface area contributed by atoms with Crippen molar-refractivity contribution in [2.45, 2.75) is 38.1 Å². The van der Waals surface area contributed by atoms with E-state index < -0.39 is 0 Å². The van der Waals surface area contributed by atoms with Gasteiger partial charge in [-0.25, -0.2) is 0 Å². The largest absolute Gasteiger partial charge is 0.394 e. The lowest BCUT2D eigenvalue weighted by Gasteiger charge is -2.26. The van der Waals surface area contributed by atoms with E-state index in [0.29, 0.717) is 6.61 Å². The zero-order chi connectivity index (χ0) is 8.32. The van der Waals surface area contributed by atoms with Gasteiger partial charge in [0.1, 0.15) is 0 Å². The van der Waals surface area contributed by atoms with Gasteiger partial charge in [-0.15, -0.1) is 0 Å². The van der Waals surface area contributed by atoms with Crippen molar-refractivity contribution in [2.24, 2.45) is 5.92 Å². The third kappa shape index (κ3) is 1.74. The van der Waals surface area contributed by atoms with Gasteiger partial charge in [0, 0.05) is 5.54 Å². The first kappa shape index (κ1) is 9.01. The molecule has 1 aliphatic carbocycles. The van der Waals surface area contributed by atoms with E-state index in [1.807, 2.05) is 7.05 Å². The zero-order valence-corrected chi connectivity index (χ0v) is 7.56. The zero-order valence-electron chi connectivity index (χ0n) is 7.56. The molecule has 2 atom stereocenters. The van der Waals surface area contributed by atoms with Crippen LogP contribution >= 0.6 is 0 Å². The summed E-state index contributed by atoms with van der Waals surface area (Å²) >= 11 is 0. The molecule has 0 aromatic rings. The molecule has 0 bridgehead atoms. The maximum Gasteiger partial charge on any atom is 0.0613 e. The van der Waals surface area contributed by atoms with Crippen molar-refractivity contribution in [2.75, 3.05) is 13.7 Å². The first-order valence-corrected chi connectivity index (χ1v) is 4.56. The van der Waals surface area contributed by atoms with E-state index in [4.69, 9.17) is 5.11 Å². The molecule has 2 N–H and O–H groups in total. The smallest absolute Gasteiger partial charge is 0.0613 e. The van der Waals surface area contributed by atoms with Crippen LogP contribution in [0.4, 0.5) is 0 Å². The Morgan fingerprint density at radius 2 is 2.36 bits per heavy atom. The number of aliphatic hydroxyl groups excluding tert-OH is 1. The van der Waals surface area contributed by atoms with Gasteiger partial charge in [-0.2, -0.15) is 0 Å². The average Bonchev–Trinajstić information content (AvgIpc) is 2.49. The molecule has 1 rings (SSSR count). The highest BCUT2D eigenvalue weighted by atomic mass is 16.3. The summed E-state index contributed by atoms with van der Waals surface area (Å²) in [5, 5.41) is 12.4. The molecule has 2 heteroatoms. The molecular weight excluding hydrogens is 138 g/mol. The van der Waals surface area contributed by atoms with Crippen LogP contribution in [0.3, 0.4) is 0 Å². The van der Waals surface area contributed by atoms with Crippen molar-refractivity contribution in [1.29, 1.82) is 0 Å². The van der Waals surface area contributed by atoms with Crippen molar-refractivity contribution in [1.82, 2.24) is 5.32 Å². The summed E-state index contributed by atoms with van der Waals surface area (Å²) in [7, 11) is 1.95. The second kappa shape index (κ2) is 3.55. The summed E-state index contributed by atoms with van der Waals surface area (Å²) in [4.78, 5) is 0. The minimum Gasteiger partial charge on any atom is -0.394 e. The lowest BCUT2D eigenvalue weighted by atomic mass is 9.96. The molecule has 0 amide bonds. The Morgan fingerprint density at radius 3 is 2.64 bits per heavy atom. The third-order valence-corrected chi connectivity index (χ3v) is 3.12. The summed E-state index contributed by atoms with van der Waals surface area (Å²) in [6, 6.07) is 0. The van der Waals surface area contributed by atoms with E-state index in [-0.39, 0.29) is 5.54 Å². The summed E-state index contributed by atoms with van der Waals surface area (Å²) in [6.07, 6.45) is 4.82. The topological polar surface area (TPSA) is 32.3 Å². The van der Waals surface area contributed by atoms with Crippen LogP contribution in [0.15, 0.2) is 0 Å². The van der Waals surface area contributed by atoms with Crippen LogP contribution in [0.5, 0.6) is 0 Å². The molecule has 0 aromatic heterocycles. The lowest BCUT2D eigenvalue weighted by molar-refractivity contribution is 0.168. The minimum absolute atomic E-state index is 0.0562. The summed E-state index contributed by atoms with van der Waals surface area (Å²) in [5.41, 5.74) is 0.0562. The molecule has 0 heterocycles. The molecule has 11 heavy (non-hydrogen) atoms. The van der Waals surface area contributed by atoms with Gasteiger partial charge in [0.2, 0.25) is 0 Å². The molecular formula is C9H19NO. The number of nitrogens with one attached hydrogen (secondary N) is 1. The Hall–Kier alpha value is -0.0800. The third-order valence-electron chi connectivity index (χ3n) is 3.12. The average molecular weight is 157 g/mol. The van der Waals surface area contributed by atoms with Gasteiger partial charge < -0.3 is 10.4 Å². The van der Waals surface area contributed by atoms with Crippen LogP contribution in [0.25, 0.3) is 0 Å². The molecule has 2 unspecified atom stereocenters. The van der Waals surface area contributed by atoms with E-state index in [2.05, 4.69) is 12.2 Å². The Balaban J connectivity index is 2.48. The first-order chi connectivity index (χ1) is 5.26. The monoisotopic (exact) mass is 157 g/mol. The maximum atomic E-state index is 9.17. The van der Waals surface area contributed by atoms with Crippen LogP contribution in [0.1, 0.15) is 32.6 Å². The van der Waals surface area contributed by atoms with Crippen LogP contribution in [-0.2, 0) is 0 Å². The molecule has 0 aliphatic heterocycles. The quantitative estimate of drug-likeness (QED) is 0.644. The van der Waals surface area contributed by atoms with Gasteiger partial charge >= 0.3 is 0 Å². The first-order valence-electron chi connectivity index (χ1n) is 4.56. The fourth-order valence-corrected chi connectivity index (χ4v) is 2.04. The van der Waals surface area contributed by atoms with Crippen LogP contribution in [-0.4, -0.2) is 24.3 Å². The normalized spacial score (nSPS) is 37.9. The highest BCUT2D eigenvalue weighted by Crippen LogP contribution is 2.35. The van der Waals surface area contributed by atoms with Gasteiger partial charge in [-0.1, -0.05) is 13.3 Å². The molecule has 0 radical (unpaired) electrons. The Labute approximate surface area is 69.0 Å². The van der Waals surface area contributed by atoms with E-state index in [9.17, 15) is 0 Å². The van der Waals surface area contributed by atoms with Crippen LogP contribution in [0, 0.1) is 5.92 Å². The second-order valence-corrected chi connectivity index (χ2v) is 3.71. The molecule has 0 saturated heterocycles. The Bertz CT molecular complexity index is 121. The van der Waals surface area contributed by atoms with Crippen molar-refractivity contribution >= 4 is 0 Å². The maximum absolute atomic E-state index is 9.17. The van der Waals surface area contributed by atoms with Gasteiger partial charge in [0.25, 0.3) is 0 Å².